The van der Waals surface area contributed by atoms with Gasteiger partial charge < -0.3 is 10.1 Å². The standard InChI is InChI=1S/C22H24F3N5O2/c1-5-29-11-15(9-27-29)30-20(31)18-13(2)6-17(28-19(18)21(30,3)4)14-7-16(10-26-8-14)32-12-22(23,24)25/h6-7,9-11,26H,5,8,12H2,1-4H3. The number of carbonyl (C=O) groups excluding carboxylic acids is 1. The van der Waals surface area contributed by atoms with Crippen LogP contribution >= 0.6 is 0 Å². The van der Waals surface area contributed by atoms with Crippen LogP contribution in [0.15, 0.2) is 36.5 Å². The lowest BCUT2D eigenvalue weighted by Crippen LogP contribution is -2.39. The number of hydrogen-bond acceptors (Lipinski definition) is 5. The summed E-state index contributed by atoms with van der Waals surface area (Å²) in [4.78, 5) is 19.8. The van der Waals surface area contributed by atoms with Crippen LogP contribution in [0.2, 0.25) is 0 Å². The molecule has 0 bridgehead atoms. The summed E-state index contributed by atoms with van der Waals surface area (Å²) in [6.45, 7) is 7.33. The lowest BCUT2D eigenvalue weighted by atomic mass is 9.95. The van der Waals surface area contributed by atoms with E-state index in [1.165, 1.54) is 6.20 Å². The molecule has 1 amide bonds. The number of aryl methyl sites for hydroxylation is 2. The maximum absolute atomic E-state index is 13.3. The van der Waals surface area contributed by atoms with E-state index in [1.54, 1.807) is 27.9 Å². The van der Waals surface area contributed by atoms with E-state index >= 15 is 0 Å². The Morgan fingerprint density at radius 3 is 2.72 bits per heavy atom. The number of alkyl halides is 3. The highest BCUT2D eigenvalue weighted by molar-refractivity contribution is 6.12. The van der Waals surface area contributed by atoms with Crippen LogP contribution in [0.25, 0.3) is 5.57 Å². The first-order chi connectivity index (χ1) is 15.0. The smallest absolute Gasteiger partial charge is 0.422 e. The number of rotatable bonds is 5. The largest absolute Gasteiger partial charge is 0.483 e. The van der Waals surface area contributed by atoms with Crippen molar-refractivity contribution in [1.82, 2.24) is 20.1 Å². The highest BCUT2D eigenvalue weighted by Crippen LogP contribution is 2.42. The van der Waals surface area contributed by atoms with Crippen molar-refractivity contribution in [2.75, 3.05) is 18.1 Å². The topological polar surface area (TPSA) is 72.3 Å². The molecule has 0 aromatic carbocycles. The Morgan fingerprint density at radius 1 is 1.31 bits per heavy atom. The van der Waals surface area contributed by atoms with Gasteiger partial charge in [-0.2, -0.15) is 18.3 Å². The van der Waals surface area contributed by atoms with Crippen molar-refractivity contribution in [2.24, 2.45) is 0 Å². The number of dihydropyridines is 1. The van der Waals surface area contributed by atoms with Gasteiger partial charge in [0.15, 0.2) is 6.61 Å². The fourth-order valence-corrected chi connectivity index (χ4v) is 4.04. The molecule has 2 aliphatic heterocycles. The second-order valence-corrected chi connectivity index (χ2v) is 8.30. The van der Waals surface area contributed by atoms with Crippen LogP contribution in [0, 0.1) is 6.92 Å². The zero-order valence-corrected chi connectivity index (χ0v) is 18.2. The van der Waals surface area contributed by atoms with E-state index in [1.807, 2.05) is 33.9 Å². The van der Waals surface area contributed by atoms with Gasteiger partial charge in [-0.05, 0) is 45.4 Å². The Balaban J connectivity index is 1.70. The summed E-state index contributed by atoms with van der Waals surface area (Å²) in [5.41, 5.74) is 3.12. The summed E-state index contributed by atoms with van der Waals surface area (Å²) in [6, 6.07) is 1.78. The summed E-state index contributed by atoms with van der Waals surface area (Å²) >= 11 is 0. The number of aromatic nitrogens is 3. The third-order valence-electron chi connectivity index (χ3n) is 5.56. The molecular weight excluding hydrogens is 423 g/mol. The molecule has 0 saturated carbocycles. The minimum absolute atomic E-state index is 0.0764. The van der Waals surface area contributed by atoms with Crippen molar-refractivity contribution in [1.29, 1.82) is 0 Å². The number of allylic oxidation sites excluding steroid dienone is 1. The highest BCUT2D eigenvalue weighted by atomic mass is 19.4. The van der Waals surface area contributed by atoms with E-state index in [2.05, 4.69) is 10.4 Å². The Labute approximate surface area is 183 Å². The highest BCUT2D eigenvalue weighted by Gasteiger charge is 2.47. The van der Waals surface area contributed by atoms with Crippen molar-refractivity contribution in [2.45, 2.75) is 46.0 Å². The van der Waals surface area contributed by atoms with Crippen LogP contribution in [-0.2, 0) is 16.8 Å². The van der Waals surface area contributed by atoms with Crippen molar-refractivity contribution in [3.8, 4) is 0 Å². The van der Waals surface area contributed by atoms with E-state index in [-0.39, 0.29) is 11.7 Å². The van der Waals surface area contributed by atoms with Gasteiger partial charge in [0.05, 0.1) is 34.4 Å². The van der Waals surface area contributed by atoms with E-state index in [0.717, 1.165) is 5.56 Å². The van der Waals surface area contributed by atoms with Crippen molar-refractivity contribution >= 4 is 17.2 Å². The number of halogens is 3. The molecule has 32 heavy (non-hydrogen) atoms. The molecule has 7 nitrogen and oxygen atoms in total. The van der Waals surface area contributed by atoms with Gasteiger partial charge in [-0.15, -0.1) is 0 Å². The molecule has 0 saturated heterocycles. The fourth-order valence-electron chi connectivity index (χ4n) is 4.04. The van der Waals surface area contributed by atoms with Gasteiger partial charge >= 0.3 is 6.18 Å². The van der Waals surface area contributed by atoms with Crippen LogP contribution < -0.4 is 10.2 Å². The Morgan fingerprint density at radius 2 is 2.06 bits per heavy atom. The van der Waals surface area contributed by atoms with Crippen molar-refractivity contribution in [3.05, 3.63) is 59.0 Å². The fraction of sp³-hybridized carbons (Fsp3) is 0.409. The first kappa shape index (κ1) is 21.9. The van der Waals surface area contributed by atoms with Gasteiger partial charge in [0.1, 0.15) is 5.76 Å². The van der Waals surface area contributed by atoms with Gasteiger partial charge in [0, 0.05) is 31.1 Å². The average Bonchev–Trinajstić information content (AvgIpc) is 3.26. The van der Waals surface area contributed by atoms with Gasteiger partial charge in [-0.1, -0.05) is 0 Å². The number of nitrogens with zero attached hydrogens (tertiary/aromatic N) is 4. The van der Waals surface area contributed by atoms with Crippen LogP contribution in [0.5, 0.6) is 0 Å². The quantitative estimate of drug-likeness (QED) is 0.753. The molecule has 4 rings (SSSR count). The van der Waals surface area contributed by atoms with Gasteiger partial charge in [0.25, 0.3) is 5.91 Å². The molecule has 0 aliphatic carbocycles. The maximum Gasteiger partial charge on any atom is 0.422 e. The van der Waals surface area contributed by atoms with Gasteiger partial charge in [-0.25, -0.2) is 4.98 Å². The number of anilines is 1. The predicted octanol–water partition coefficient (Wildman–Crippen LogP) is 3.91. The number of fused-ring (bicyclic) bond motifs is 1. The SMILES string of the molecule is CCn1cc(N2C(=O)c3c(C)cc(C4=CC(OCC(F)(F)F)=CNC4)nc3C2(C)C)cn1. The molecule has 2 aromatic rings. The second-order valence-electron chi connectivity index (χ2n) is 8.30. The van der Waals surface area contributed by atoms with Crippen LogP contribution in [0.4, 0.5) is 18.9 Å². The number of carbonyl (C=O) groups is 1. The normalized spacial score (nSPS) is 17.6. The molecule has 1 N–H and O–H groups in total. The molecule has 4 heterocycles. The van der Waals surface area contributed by atoms with E-state index in [9.17, 15) is 18.0 Å². The summed E-state index contributed by atoms with van der Waals surface area (Å²) in [6.07, 6.45) is 2.01. The zero-order chi connectivity index (χ0) is 23.3. The maximum atomic E-state index is 13.3. The molecule has 0 fully saturated rings. The molecule has 2 aromatic heterocycles. The number of nitrogens with one attached hydrogen (secondary N) is 1. The minimum Gasteiger partial charge on any atom is -0.483 e. The van der Waals surface area contributed by atoms with Crippen LogP contribution in [-0.4, -0.2) is 40.0 Å². The minimum atomic E-state index is -4.42. The van der Waals surface area contributed by atoms with E-state index in [4.69, 9.17) is 9.72 Å². The van der Waals surface area contributed by atoms with Crippen LogP contribution in [0.3, 0.4) is 0 Å². The molecule has 0 spiro atoms. The van der Waals surface area contributed by atoms with Crippen LogP contribution in [0.1, 0.15) is 48.1 Å². The molecule has 0 unspecified atom stereocenters. The molecule has 0 radical (unpaired) electrons. The predicted molar refractivity (Wildman–Crippen MR) is 113 cm³/mol. The first-order valence-electron chi connectivity index (χ1n) is 10.2. The molecular formula is C22H24F3N5O2. The van der Waals surface area contributed by atoms with Crippen molar-refractivity contribution < 1.29 is 22.7 Å². The first-order valence-corrected chi connectivity index (χ1v) is 10.2. The Bertz CT molecular complexity index is 1130. The zero-order valence-electron chi connectivity index (χ0n) is 18.2. The summed E-state index contributed by atoms with van der Waals surface area (Å²) in [5, 5.41) is 7.21. The molecule has 170 valence electrons. The third-order valence-corrected chi connectivity index (χ3v) is 5.56. The third kappa shape index (κ3) is 3.85. The average molecular weight is 447 g/mol. The Kier molecular flexibility index (Phi) is 5.26. The van der Waals surface area contributed by atoms with Crippen molar-refractivity contribution in [3.63, 3.8) is 0 Å². The summed E-state index contributed by atoms with van der Waals surface area (Å²) < 4.78 is 44.1. The van der Waals surface area contributed by atoms with E-state index < -0.39 is 18.3 Å². The molecule has 10 heteroatoms. The van der Waals surface area contributed by atoms with Gasteiger partial charge in [0.2, 0.25) is 0 Å². The molecule has 0 atom stereocenters. The number of amides is 1. The summed E-state index contributed by atoms with van der Waals surface area (Å²) in [7, 11) is 0. The monoisotopic (exact) mass is 447 g/mol. The summed E-state index contributed by atoms with van der Waals surface area (Å²) in [5.74, 6) is -0.0745. The second kappa shape index (κ2) is 7.68. The lowest BCUT2D eigenvalue weighted by Gasteiger charge is -2.30. The number of hydrogen-bond donors (Lipinski definition) is 1. The lowest BCUT2D eigenvalue weighted by molar-refractivity contribution is -0.163. The molecule has 2 aliphatic rings. The Hall–Kier alpha value is -3.30. The van der Waals surface area contributed by atoms with Gasteiger partial charge in [-0.3, -0.25) is 14.4 Å². The number of pyridine rings is 1. The number of ether oxygens (including phenoxy) is 1. The van der Waals surface area contributed by atoms with E-state index in [0.29, 0.717) is 41.3 Å².